The van der Waals surface area contributed by atoms with Crippen molar-refractivity contribution in [2.45, 2.75) is 19.5 Å². The molecule has 0 unspecified atom stereocenters. The zero-order valence-electron chi connectivity index (χ0n) is 18.4. The van der Waals surface area contributed by atoms with Crippen LogP contribution in [0.5, 0.6) is 0 Å². The van der Waals surface area contributed by atoms with Gasteiger partial charge in [-0.25, -0.2) is 9.67 Å². The van der Waals surface area contributed by atoms with E-state index in [0.717, 1.165) is 56.6 Å². The molecule has 166 valence electrons. The minimum absolute atomic E-state index is 0.736. The molecular formula is C25H29ClN6. The number of aromatic nitrogens is 4. The lowest BCUT2D eigenvalue weighted by atomic mass is 9.98. The van der Waals surface area contributed by atoms with Crippen LogP contribution in [0.2, 0.25) is 5.02 Å². The number of fused-ring (bicyclic) bond motifs is 1. The van der Waals surface area contributed by atoms with Crippen molar-refractivity contribution in [2.24, 2.45) is 5.92 Å². The first-order valence-corrected chi connectivity index (χ1v) is 11.6. The van der Waals surface area contributed by atoms with Crippen LogP contribution in [0, 0.1) is 5.92 Å². The molecule has 5 rings (SSSR count). The van der Waals surface area contributed by atoms with Crippen molar-refractivity contribution in [3.8, 4) is 0 Å². The third-order valence-electron chi connectivity index (χ3n) is 6.36. The summed E-state index contributed by atoms with van der Waals surface area (Å²) in [6, 6.07) is 14.8. The van der Waals surface area contributed by atoms with Gasteiger partial charge >= 0.3 is 0 Å². The third kappa shape index (κ3) is 4.88. The number of aromatic amines is 1. The highest BCUT2D eigenvalue weighted by molar-refractivity contribution is 6.31. The van der Waals surface area contributed by atoms with Crippen molar-refractivity contribution in [1.29, 1.82) is 0 Å². The van der Waals surface area contributed by atoms with Gasteiger partial charge in [0.05, 0.1) is 6.54 Å². The summed E-state index contributed by atoms with van der Waals surface area (Å²) in [5, 5.41) is 6.40. The molecule has 4 aromatic rings. The van der Waals surface area contributed by atoms with E-state index in [2.05, 4.69) is 68.4 Å². The summed E-state index contributed by atoms with van der Waals surface area (Å²) in [7, 11) is 2.24. The Bertz CT molecular complexity index is 1160. The summed E-state index contributed by atoms with van der Waals surface area (Å²) in [5.74, 6) is 0.736. The van der Waals surface area contributed by atoms with E-state index < -0.39 is 0 Å². The van der Waals surface area contributed by atoms with Crippen LogP contribution in [0.1, 0.15) is 16.7 Å². The summed E-state index contributed by atoms with van der Waals surface area (Å²) in [6.07, 6.45) is 6.53. The van der Waals surface area contributed by atoms with Crippen LogP contribution in [0.25, 0.3) is 10.9 Å². The zero-order valence-corrected chi connectivity index (χ0v) is 19.2. The van der Waals surface area contributed by atoms with Crippen LogP contribution in [0.3, 0.4) is 0 Å². The molecule has 2 aromatic heterocycles. The van der Waals surface area contributed by atoms with Gasteiger partial charge in [-0.2, -0.15) is 5.10 Å². The van der Waals surface area contributed by atoms with E-state index in [1.54, 1.807) is 12.7 Å². The summed E-state index contributed by atoms with van der Waals surface area (Å²) in [4.78, 5) is 12.4. The lowest BCUT2D eigenvalue weighted by Crippen LogP contribution is -2.50. The summed E-state index contributed by atoms with van der Waals surface area (Å²) in [6.45, 7) is 6.18. The molecule has 0 radical (unpaired) electrons. The van der Waals surface area contributed by atoms with Crippen LogP contribution in [0.15, 0.2) is 61.3 Å². The predicted molar refractivity (Wildman–Crippen MR) is 129 cm³/mol. The molecule has 3 heterocycles. The number of likely N-dealkylation sites (tertiary alicyclic amines) is 1. The molecule has 0 amide bonds. The maximum absolute atomic E-state index is 6.30. The first kappa shape index (κ1) is 21.2. The second-order valence-electron chi connectivity index (χ2n) is 8.95. The number of nitrogens with one attached hydrogen (secondary N) is 1. The van der Waals surface area contributed by atoms with Gasteiger partial charge in [-0.1, -0.05) is 35.9 Å². The number of hydrogen-bond acceptors (Lipinski definition) is 4. The maximum Gasteiger partial charge on any atom is 0.137 e. The van der Waals surface area contributed by atoms with Crippen molar-refractivity contribution in [2.75, 3.05) is 33.2 Å². The van der Waals surface area contributed by atoms with Gasteiger partial charge in [0, 0.05) is 54.8 Å². The second-order valence-corrected chi connectivity index (χ2v) is 9.36. The van der Waals surface area contributed by atoms with E-state index in [4.69, 9.17) is 11.6 Å². The Morgan fingerprint density at radius 1 is 1.12 bits per heavy atom. The van der Waals surface area contributed by atoms with Gasteiger partial charge in [0.15, 0.2) is 0 Å². The largest absolute Gasteiger partial charge is 0.361 e. The van der Waals surface area contributed by atoms with Crippen molar-refractivity contribution in [3.63, 3.8) is 0 Å². The summed E-state index contributed by atoms with van der Waals surface area (Å²) < 4.78 is 1.86. The van der Waals surface area contributed by atoms with Crippen molar-refractivity contribution in [1.82, 2.24) is 29.5 Å². The minimum Gasteiger partial charge on any atom is -0.361 e. The Balaban J connectivity index is 1.11. The fourth-order valence-electron chi connectivity index (χ4n) is 4.66. The van der Waals surface area contributed by atoms with Crippen molar-refractivity contribution < 1.29 is 0 Å². The lowest BCUT2D eigenvalue weighted by Gasteiger charge is -2.41. The van der Waals surface area contributed by atoms with E-state index in [1.807, 2.05) is 16.8 Å². The zero-order chi connectivity index (χ0) is 21.9. The number of hydrogen-bond donors (Lipinski definition) is 1. The smallest absolute Gasteiger partial charge is 0.137 e. The Morgan fingerprint density at radius 2 is 2.00 bits per heavy atom. The predicted octanol–water partition coefficient (Wildman–Crippen LogP) is 4.07. The Labute approximate surface area is 193 Å². The Hall–Kier alpha value is -2.67. The van der Waals surface area contributed by atoms with E-state index >= 15 is 0 Å². The van der Waals surface area contributed by atoms with Crippen molar-refractivity contribution >= 4 is 22.5 Å². The first-order chi connectivity index (χ1) is 15.6. The summed E-state index contributed by atoms with van der Waals surface area (Å²) >= 11 is 6.30. The van der Waals surface area contributed by atoms with E-state index in [1.165, 1.54) is 27.6 Å². The molecule has 0 bridgehead atoms. The van der Waals surface area contributed by atoms with Gasteiger partial charge < -0.3 is 9.88 Å². The van der Waals surface area contributed by atoms with E-state index in [9.17, 15) is 0 Å². The average molecular weight is 449 g/mol. The highest BCUT2D eigenvalue weighted by Gasteiger charge is 2.27. The van der Waals surface area contributed by atoms with Crippen LogP contribution in [0.4, 0.5) is 0 Å². The first-order valence-electron chi connectivity index (χ1n) is 11.2. The van der Waals surface area contributed by atoms with Crippen molar-refractivity contribution in [3.05, 3.63) is 83.0 Å². The van der Waals surface area contributed by atoms with Crippen LogP contribution in [-0.2, 0) is 19.5 Å². The van der Waals surface area contributed by atoms with Crippen LogP contribution < -0.4 is 0 Å². The van der Waals surface area contributed by atoms with Gasteiger partial charge in [0.1, 0.15) is 12.7 Å². The average Bonchev–Trinajstić information content (AvgIpc) is 3.42. The van der Waals surface area contributed by atoms with Gasteiger partial charge in [0.2, 0.25) is 0 Å². The molecule has 1 saturated heterocycles. The number of halogens is 1. The van der Waals surface area contributed by atoms with E-state index in [-0.39, 0.29) is 0 Å². The molecule has 1 fully saturated rings. The standard InChI is InChI=1S/C25H29ClN6/c1-30(12-20-13-31(14-20)16-22-4-2-3-5-24(22)26)9-8-21-11-28-25-7-6-19(10-23(21)25)15-32-18-27-17-29-32/h2-7,10-11,17-18,20,28H,8-9,12-16H2,1H3. The summed E-state index contributed by atoms with van der Waals surface area (Å²) in [5.41, 5.74) is 5.04. The number of rotatable bonds is 9. The molecule has 0 spiro atoms. The molecule has 1 aliphatic heterocycles. The molecule has 0 atom stereocenters. The van der Waals surface area contributed by atoms with Gasteiger partial charge in [-0.15, -0.1) is 0 Å². The molecule has 2 aromatic carbocycles. The molecule has 1 aliphatic rings. The molecule has 6 nitrogen and oxygen atoms in total. The molecule has 32 heavy (non-hydrogen) atoms. The molecular weight excluding hydrogens is 420 g/mol. The van der Waals surface area contributed by atoms with Gasteiger partial charge in [-0.05, 0) is 54.3 Å². The quantitative estimate of drug-likeness (QED) is 0.419. The fraction of sp³-hybridized carbons (Fsp3) is 0.360. The Morgan fingerprint density at radius 3 is 2.81 bits per heavy atom. The van der Waals surface area contributed by atoms with Gasteiger partial charge in [-0.3, -0.25) is 4.90 Å². The lowest BCUT2D eigenvalue weighted by molar-refractivity contribution is 0.0678. The molecule has 0 aliphatic carbocycles. The molecule has 7 heteroatoms. The highest BCUT2D eigenvalue weighted by Crippen LogP contribution is 2.24. The van der Waals surface area contributed by atoms with Crippen LogP contribution in [-0.4, -0.2) is 62.8 Å². The number of likely N-dealkylation sites (N-methyl/N-ethyl adjacent to an activating group) is 1. The number of benzene rings is 2. The Kier molecular flexibility index (Phi) is 6.26. The van der Waals surface area contributed by atoms with Crippen LogP contribution >= 0.6 is 11.6 Å². The number of H-pyrrole nitrogens is 1. The van der Waals surface area contributed by atoms with E-state index in [0.29, 0.717) is 0 Å². The number of nitrogens with zero attached hydrogens (tertiary/aromatic N) is 5. The SMILES string of the molecule is CN(CCc1c[nH]c2ccc(Cn3cncn3)cc12)CC1CN(Cc2ccccc2Cl)C1. The highest BCUT2D eigenvalue weighted by atomic mass is 35.5. The monoisotopic (exact) mass is 448 g/mol. The fourth-order valence-corrected chi connectivity index (χ4v) is 4.86. The minimum atomic E-state index is 0.736. The second kappa shape index (κ2) is 9.45. The molecule has 1 N–H and O–H groups in total. The van der Waals surface area contributed by atoms with Gasteiger partial charge in [0.25, 0.3) is 0 Å². The topological polar surface area (TPSA) is 53.0 Å². The third-order valence-corrected chi connectivity index (χ3v) is 6.73. The maximum atomic E-state index is 6.30. The molecule has 0 saturated carbocycles. The normalized spacial score (nSPS) is 15.0.